The van der Waals surface area contributed by atoms with Gasteiger partial charge in [0.2, 0.25) is 0 Å². The Bertz CT molecular complexity index is 356. The molecule has 2 saturated heterocycles. The van der Waals surface area contributed by atoms with Gasteiger partial charge in [0.25, 0.3) is 0 Å². The second-order valence-corrected chi connectivity index (χ2v) is 7.11. The second-order valence-electron chi connectivity index (χ2n) is 7.11. The van der Waals surface area contributed by atoms with Crippen molar-refractivity contribution in [2.75, 3.05) is 26.7 Å². The minimum atomic E-state index is -0.212. The summed E-state index contributed by atoms with van der Waals surface area (Å²) in [5.74, 6) is 0.340. The van der Waals surface area contributed by atoms with Crippen LogP contribution in [0.25, 0.3) is 0 Å². The number of nitrogens with two attached hydrogens (primary N) is 1. The normalized spacial score (nSPS) is 29.6. The van der Waals surface area contributed by atoms with E-state index in [1.807, 2.05) is 13.8 Å². The Balaban J connectivity index is 1.78. The van der Waals surface area contributed by atoms with E-state index in [9.17, 15) is 0 Å². The lowest BCUT2D eigenvalue weighted by Crippen LogP contribution is -2.38. The molecule has 116 valence electrons. The van der Waals surface area contributed by atoms with Gasteiger partial charge in [0.05, 0.1) is 0 Å². The molecule has 2 rings (SSSR count). The molecule has 2 heterocycles. The number of nitrogens with zero attached hydrogens (tertiary/aromatic N) is 3. The smallest absolute Gasteiger partial charge is 0.144 e. The van der Waals surface area contributed by atoms with Gasteiger partial charge in [-0.15, -0.1) is 0 Å². The number of fused-ring (bicyclic) bond motifs is 2. The summed E-state index contributed by atoms with van der Waals surface area (Å²) in [4.78, 5) is 5.18. The highest BCUT2D eigenvalue weighted by molar-refractivity contribution is 5.85. The Kier molecular flexibility index (Phi) is 4.91. The van der Waals surface area contributed by atoms with Gasteiger partial charge in [0.15, 0.2) is 0 Å². The zero-order valence-electron chi connectivity index (χ0n) is 13.2. The van der Waals surface area contributed by atoms with Gasteiger partial charge < -0.3 is 15.8 Å². The van der Waals surface area contributed by atoms with Crippen LogP contribution < -0.4 is 5.73 Å². The van der Waals surface area contributed by atoms with Crippen molar-refractivity contribution in [3.63, 3.8) is 0 Å². The molecule has 0 aromatic heterocycles. The number of hydrogen-bond donors (Lipinski definition) is 2. The van der Waals surface area contributed by atoms with Crippen LogP contribution in [0, 0.1) is 5.41 Å². The summed E-state index contributed by atoms with van der Waals surface area (Å²) in [6.07, 6.45) is 6.10. The number of rotatable bonds is 5. The SMILES string of the molecule is CN1C2CCC1CN(CCCC(C)(C)C(N)=NO)CC2. The summed E-state index contributed by atoms with van der Waals surface area (Å²) in [5, 5.41) is 12.0. The van der Waals surface area contributed by atoms with Gasteiger partial charge in [-0.2, -0.15) is 0 Å². The molecule has 3 N–H and O–H groups in total. The molecule has 2 atom stereocenters. The maximum absolute atomic E-state index is 8.80. The topological polar surface area (TPSA) is 65.1 Å². The average molecular weight is 282 g/mol. The molecular formula is C15H30N4O. The predicted molar refractivity (Wildman–Crippen MR) is 82.1 cm³/mol. The molecule has 20 heavy (non-hydrogen) atoms. The quantitative estimate of drug-likeness (QED) is 0.349. The number of hydrogen-bond acceptors (Lipinski definition) is 4. The van der Waals surface area contributed by atoms with E-state index in [1.165, 1.54) is 32.4 Å². The van der Waals surface area contributed by atoms with E-state index in [-0.39, 0.29) is 5.41 Å². The van der Waals surface area contributed by atoms with E-state index in [4.69, 9.17) is 10.9 Å². The van der Waals surface area contributed by atoms with Crippen LogP contribution in [-0.4, -0.2) is 59.6 Å². The Morgan fingerprint density at radius 3 is 2.70 bits per heavy atom. The standard InChI is InChI=1S/C15H30N4O/c1-15(2,14(16)17-20)8-4-9-19-10-7-12-5-6-13(11-19)18(12)3/h12-13,20H,4-11H2,1-3H3,(H2,16,17). The van der Waals surface area contributed by atoms with E-state index >= 15 is 0 Å². The van der Waals surface area contributed by atoms with E-state index in [2.05, 4.69) is 22.0 Å². The van der Waals surface area contributed by atoms with E-state index < -0.39 is 0 Å². The summed E-state index contributed by atoms with van der Waals surface area (Å²) in [6.45, 7) is 7.63. The molecule has 0 radical (unpaired) electrons. The summed E-state index contributed by atoms with van der Waals surface area (Å²) >= 11 is 0. The first-order valence-electron chi connectivity index (χ1n) is 7.86. The fourth-order valence-electron chi connectivity index (χ4n) is 3.59. The van der Waals surface area contributed by atoms with Crippen LogP contribution in [0.15, 0.2) is 5.16 Å². The van der Waals surface area contributed by atoms with Crippen molar-refractivity contribution < 1.29 is 5.21 Å². The van der Waals surface area contributed by atoms with Crippen LogP contribution in [0.1, 0.15) is 46.0 Å². The lowest BCUT2D eigenvalue weighted by molar-refractivity contribution is 0.213. The van der Waals surface area contributed by atoms with Crippen molar-refractivity contribution in [2.45, 2.75) is 58.0 Å². The molecule has 5 heteroatoms. The van der Waals surface area contributed by atoms with E-state index in [0.717, 1.165) is 31.5 Å². The van der Waals surface area contributed by atoms with Crippen molar-refractivity contribution in [1.82, 2.24) is 9.80 Å². The molecule has 5 nitrogen and oxygen atoms in total. The molecule has 0 aliphatic carbocycles. The number of oxime groups is 1. The van der Waals surface area contributed by atoms with Crippen LogP contribution in [-0.2, 0) is 0 Å². The highest BCUT2D eigenvalue weighted by atomic mass is 16.4. The molecule has 2 fully saturated rings. The zero-order valence-corrected chi connectivity index (χ0v) is 13.2. The van der Waals surface area contributed by atoms with Crippen molar-refractivity contribution in [2.24, 2.45) is 16.3 Å². The molecule has 0 spiro atoms. The fraction of sp³-hybridized carbons (Fsp3) is 0.933. The number of amidine groups is 1. The number of likely N-dealkylation sites (N-methyl/N-ethyl adjacent to an activating group) is 1. The third kappa shape index (κ3) is 3.44. The van der Waals surface area contributed by atoms with Gasteiger partial charge in [-0.1, -0.05) is 19.0 Å². The van der Waals surface area contributed by atoms with Crippen molar-refractivity contribution >= 4 is 5.84 Å². The van der Waals surface area contributed by atoms with Crippen LogP contribution >= 0.6 is 0 Å². The monoisotopic (exact) mass is 282 g/mol. The number of likely N-dealkylation sites (tertiary alicyclic amines) is 1. The predicted octanol–water partition coefficient (Wildman–Crippen LogP) is 1.71. The van der Waals surface area contributed by atoms with E-state index in [1.54, 1.807) is 0 Å². The van der Waals surface area contributed by atoms with Crippen molar-refractivity contribution in [1.29, 1.82) is 0 Å². The van der Waals surface area contributed by atoms with Crippen molar-refractivity contribution in [3.05, 3.63) is 0 Å². The molecule has 0 aromatic carbocycles. The maximum Gasteiger partial charge on any atom is 0.144 e. The van der Waals surface area contributed by atoms with Crippen LogP contribution in [0.3, 0.4) is 0 Å². The Morgan fingerprint density at radius 1 is 1.30 bits per heavy atom. The molecule has 2 aliphatic rings. The molecular weight excluding hydrogens is 252 g/mol. The van der Waals surface area contributed by atoms with Gasteiger partial charge in [-0.3, -0.25) is 4.90 Å². The molecule has 2 aliphatic heterocycles. The average Bonchev–Trinajstić information content (AvgIpc) is 2.65. The molecule has 2 unspecified atom stereocenters. The van der Waals surface area contributed by atoms with Crippen LogP contribution in [0.2, 0.25) is 0 Å². The first kappa shape index (κ1) is 15.6. The zero-order chi connectivity index (χ0) is 14.8. The first-order chi connectivity index (χ1) is 9.44. The third-order valence-corrected chi connectivity index (χ3v) is 5.31. The Morgan fingerprint density at radius 2 is 2.00 bits per heavy atom. The summed E-state index contributed by atoms with van der Waals surface area (Å²) < 4.78 is 0. The van der Waals surface area contributed by atoms with Gasteiger partial charge in [-0.25, -0.2) is 0 Å². The highest BCUT2D eigenvalue weighted by Gasteiger charge is 2.34. The van der Waals surface area contributed by atoms with Gasteiger partial charge in [0.1, 0.15) is 5.84 Å². The summed E-state index contributed by atoms with van der Waals surface area (Å²) in [5.41, 5.74) is 5.53. The minimum absolute atomic E-state index is 0.212. The second kappa shape index (κ2) is 6.31. The first-order valence-corrected chi connectivity index (χ1v) is 7.86. The Hall–Kier alpha value is -0.810. The molecule has 0 aromatic rings. The van der Waals surface area contributed by atoms with Gasteiger partial charge in [0, 0.05) is 24.0 Å². The molecule has 2 bridgehead atoms. The van der Waals surface area contributed by atoms with Gasteiger partial charge in [-0.05, 0) is 52.2 Å². The largest absolute Gasteiger partial charge is 0.409 e. The van der Waals surface area contributed by atoms with Gasteiger partial charge >= 0.3 is 0 Å². The summed E-state index contributed by atoms with van der Waals surface area (Å²) in [6, 6.07) is 1.55. The fourth-order valence-corrected chi connectivity index (χ4v) is 3.59. The van der Waals surface area contributed by atoms with E-state index in [0.29, 0.717) is 5.84 Å². The highest BCUT2D eigenvalue weighted by Crippen LogP contribution is 2.29. The van der Waals surface area contributed by atoms with Crippen molar-refractivity contribution in [3.8, 4) is 0 Å². The molecule has 0 saturated carbocycles. The third-order valence-electron chi connectivity index (χ3n) is 5.31. The lowest BCUT2D eigenvalue weighted by atomic mass is 9.86. The lowest BCUT2D eigenvalue weighted by Gasteiger charge is -2.28. The Labute approximate surface area is 122 Å². The maximum atomic E-state index is 8.80. The summed E-state index contributed by atoms with van der Waals surface area (Å²) in [7, 11) is 2.29. The molecule has 0 amide bonds. The minimum Gasteiger partial charge on any atom is -0.409 e. The van der Waals surface area contributed by atoms with Crippen LogP contribution in [0.4, 0.5) is 0 Å². The van der Waals surface area contributed by atoms with Crippen LogP contribution in [0.5, 0.6) is 0 Å².